The van der Waals surface area contributed by atoms with Crippen molar-refractivity contribution in [2.75, 3.05) is 26.2 Å². The van der Waals surface area contributed by atoms with Crippen molar-refractivity contribution in [1.29, 1.82) is 0 Å². The number of alkyl halides is 3. The first-order valence-corrected chi connectivity index (χ1v) is 16.8. The summed E-state index contributed by atoms with van der Waals surface area (Å²) in [6.45, 7) is 14.1. The normalized spacial score (nSPS) is 18.3. The molecule has 3 heterocycles. The minimum atomic E-state index is -4.57. The van der Waals surface area contributed by atoms with Crippen LogP contribution in [0.4, 0.5) is 13.2 Å². The Kier molecular flexibility index (Phi) is 8.45. The maximum absolute atomic E-state index is 13.3. The highest BCUT2D eigenvalue weighted by molar-refractivity contribution is 6.76. The molecule has 208 valence electrons. The number of fused-ring (bicyclic) bond motifs is 1. The summed E-state index contributed by atoms with van der Waals surface area (Å²) in [7, 11) is -1.34. The highest BCUT2D eigenvalue weighted by Gasteiger charge is 2.33. The van der Waals surface area contributed by atoms with Crippen LogP contribution in [-0.2, 0) is 10.9 Å². The zero-order valence-electron chi connectivity index (χ0n) is 22.6. The number of nitrogens with zero attached hydrogens (tertiary/aromatic N) is 4. The monoisotopic (exact) mass is 550 g/mol. The van der Waals surface area contributed by atoms with Gasteiger partial charge in [0.05, 0.1) is 17.3 Å². The molecule has 4 rings (SSSR count). The van der Waals surface area contributed by atoms with E-state index in [1.165, 1.54) is 6.92 Å². The summed E-state index contributed by atoms with van der Waals surface area (Å²) in [5, 5.41) is 30.8. The molecule has 1 aliphatic heterocycles. The van der Waals surface area contributed by atoms with Gasteiger partial charge in [0.2, 0.25) is 0 Å². The molecule has 0 aliphatic carbocycles. The van der Waals surface area contributed by atoms with Gasteiger partial charge in [-0.15, -0.1) is 10.2 Å². The molecule has 0 saturated carbocycles. The minimum Gasteiger partial charge on any atom is -0.507 e. The van der Waals surface area contributed by atoms with E-state index in [-0.39, 0.29) is 22.9 Å². The van der Waals surface area contributed by atoms with Crippen molar-refractivity contribution in [1.82, 2.24) is 30.6 Å². The second-order valence-electron chi connectivity index (χ2n) is 11.2. The van der Waals surface area contributed by atoms with Crippen LogP contribution in [-0.4, -0.2) is 70.8 Å². The van der Waals surface area contributed by atoms with Crippen molar-refractivity contribution >= 4 is 19.0 Å². The van der Waals surface area contributed by atoms with Gasteiger partial charge in [0.15, 0.2) is 6.23 Å². The molecular weight excluding hydrogens is 513 g/mol. The van der Waals surface area contributed by atoms with E-state index in [1.54, 1.807) is 6.20 Å². The average Bonchev–Trinajstić information content (AvgIpc) is 3.32. The zero-order chi connectivity index (χ0) is 27.7. The molecule has 0 amide bonds. The van der Waals surface area contributed by atoms with Gasteiger partial charge in [0.1, 0.15) is 17.1 Å². The Morgan fingerprint density at radius 2 is 2.03 bits per heavy atom. The lowest BCUT2D eigenvalue weighted by atomic mass is 9.99. The fourth-order valence-electron chi connectivity index (χ4n) is 4.86. The lowest BCUT2D eigenvalue weighted by Gasteiger charge is -2.34. The van der Waals surface area contributed by atoms with E-state index in [1.807, 2.05) is 0 Å². The highest BCUT2D eigenvalue weighted by Crippen LogP contribution is 2.40. The molecule has 1 fully saturated rings. The quantitative estimate of drug-likeness (QED) is 0.240. The number of aromatic hydroxyl groups is 1. The number of hydrogen-bond acceptors (Lipinski definition) is 7. The smallest absolute Gasteiger partial charge is 0.416 e. The van der Waals surface area contributed by atoms with Crippen LogP contribution >= 0.6 is 0 Å². The summed E-state index contributed by atoms with van der Waals surface area (Å²) in [4.78, 5) is 2.40. The Morgan fingerprint density at radius 3 is 2.68 bits per heavy atom. The van der Waals surface area contributed by atoms with Crippen molar-refractivity contribution in [3.8, 4) is 17.0 Å². The maximum Gasteiger partial charge on any atom is 0.416 e. The van der Waals surface area contributed by atoms with Crippen molar-refractivity contribution in [2.24, 2.45) is 0 Å². The molecular formula is C26H37F3N6O2Si. The number of phenolic OH excluding ortho intramolecular Hbond substituents is 1. The van der Waals surface area contributed by atoms with Crippen molar-refractivity contribution in [3.05, 3.63) is 35.2 Å². The summed E-state index contributed by atoms with van der Waals surface area (Å²) < 4.78 is 46.2. The van der Waals surface area contributed by atoms with E-state index >= 15 is 0 Å². The molecule has 0 radical (unpaired) electrons. The number of aromatic nitrogens is 4. The predicted octanol–water partition coefficient (Wildman–Crippen LogP) is 5.48. The SMILES string of the molecule is CCN1CCC[C@H](N[C@H](OCC[Si](C)(C)C)c2nnc(-c3c(C)cc(C(F)(F)F)cc3O)c3[nH]ncc23)C1. The number of aryl methyl sites for hydroxylation is 1. The Labute approximate surface area is 222 Å². The number of nitrogens with one attached hydrogen (secondary N) is 2. The number of benzene rings is 1. The second kappa shape index (κ2) is 11.3. The van der Waals surface area contributed by atoms with Gasteiger partial charge >= 0.3 is 6.18 Å². The van der Waals surface area contributed by atoms with Gasteiger partial charge in [0, 0.05) is 38.2 Å². The Morgan fingerprint density at radius 1 is 1.26 bits per heavy atom. The molecule has 38 heavy (non-hydrogen) atoms. The number of ether oxygens (including phenoxy) is 1. The standard InChI is InChI=1S/C26H37F3N6O2Si/c1-6-35-9-7-8-18(15-35)31-25(37-10-11-38(3,4)5)23-19-14-30-32-22(19)24(34-33-23)21-16(2)12-17(13-20(21)36)26(27,28)29/h12-14,18,25,31,36H,6-11,15H2,1-5H3,(H,30,32)/t18-,25+/m0/s1. The third-order valence-corrected chi connectivity index (χ3v) is 8.72. The number of phenols is 1. The van der Waals surface area contributed by atoms with E-state index in [0.29, 0.717) is 29.3 Å². The minimum absolute atomic E-state index is 0.182. The van der Waals surface area contributed by atoms with Gasteiger partial charge in [0.25, 0.3) is 0 Å². The number of likely N-dealkylation sites (N-methyl/N-ethyl adjacent to an activating group) is 1. The number of H-pyrrole nitrogens is 1. The van der Waals surface area contributed by atoms with Gasteiger partial charge in [-0.3, -0.25) is 10.4 Å². The number of halogens is 3. The van der Waals surface area contributed by atoms with Gasteiger partial charge in [-0.25, -0.2) is 0 Å². The number of likely N-dealkylation sites (tertiary alicyclic amines) is 1. The fourth-order valence-corrected chi connectivity index (χ4v) is 5.59. The third kappa shape index (κ3) is 6.53. The van der Waals surface area contributed by atoms with Crippen LogP contribution in [0.2, 0.25) is 25.7 Å². The van der Waals surface area contributed by atoms with Crippen LogP contribution in [0.5, 0.6) is 5.75 Å². The molecule has 8 nitrogen and oxygen atoms in total. The molecule has 2 atom stereocenters. The molecule has 3 aromatic rings. The summed E-state index contributed by atoms with van der Waals surface area (Å²) >= 11 is 0. The lowest BCUT2D eigenvalue weighted by Crippen LogP contribution is -2.47. The second-order valence-corrected chi connectivity index (χ2v) is 16.9. The van der Waals surface area contributed by atoms with Gasteiger partial charge in [-0.2, -0.15) is 18.3 Å². The fraction of sp³-hybridized carbons (Fsp3) is 0.577. The van der Waals surface area contributed by atoms with Crippen LogP contribution < -0.4 is 5.32 Å². The van der Waals surface area contributed by atoms with E-state index < -0.39 is 31.8 Å². The number of piperidine rings is 1. The van der Waals surface area contributed by atoms with E-state index in [0.717, 1.165) is 44.6 Å². The number of aromatic amines is 1. The molecule has 1 aliphatic rings. The van der Waals surface area contributed by atoms with Gasteiger partial charge < -0.3 is 14.7 Å². The lowest BCUT2D eigenvalue weighted by molar-refractivity contribution is -0.137. The topological polar surface area (TPSA) is 99.2 Å². The van der Waals surface area contributed by atoms with E-state index in [9.17, 15) is 18.3 Å². The number of hydrogen-bond donors (Lipinski definition) is 3. The molecule has 12 heteroatoms. The molecule has 2 aromatic heterocycles. The molecule has 3 N–H and O–H groups in total. The average molecular weight is 551 g/mol. The molecule has 0 bridgehead atoms. The summed E-state index contributed by atoms with van der Waals surface area (Å²) in [6, 6.07) is 2.91. The number of rotatable bonds is 9. The van der Waals surface area contributed by atoms with Crippen LogP contribution in [0.25, 0.3) is 22.2 Å². The van der Waals surface area contributed by atoms with Crippen LogP contribution in [0.1, 0.15) is 42.8 Å². The molecule has 0 unspecified atom stereocenters. The summed E-state index contributed by atoms with van der Waals surface area (Å²) in [5.74, 6) is -0.516. The van der Waals surface area contributed by atoms with Crippen LogP contribution in [0.15, 0.2) is 18.3 Å². The highest BCUT2D eigenvalue weighted by atomic mass is 28.3. The predicted molar refractivity (Wildman–Crippen MR) is 144 cm³/mol. The van der Waals surface area contributed by atoms with Gasteiger partial charge in [-0.05, 0) is 56.6 Å². The van der Waals surface area contributed by atoms with Crippen molar-refractivity contribution < 1.29 is 23.0 Å². The van der Waals surface area contributed by atoms with Crippen molar-refractivity contribution in [2.45, 2.75) is 70.8 Å². The van der Waals surface area contributed by atoms with Crippen molar-refractivity contribution in [3.63, 3.8) is 0 Å². The molecule has 0 spiro atoms. The Bertz CT molecular complexity index is 1240. The summed E-state index contributed by atoms with van der Waals surface area (Å²) in [5.41, 5.74) is 0.772. The van der Waals surface area contributed by atoms with E-state index in [4.69, 9.17) is 4.74 Å². The Hall–Kier alpha value is -2.54. The zero-order valence-corrected chi connectivity index (χ0v) is 23.6. The third-order valence-electron chi connectivity index (χ3n) is 7.01. The first-order valence-electron chi connectivity index (χ1n) is 13.1. The maximum atomic E-state index is 13.3. The Balaban J connectivity index is 1.71. The summed E-state index contributed by atoms with van der Waals surface area (Å²) in [6.07, 6.45) is -1.38. The molecule has 1 saturated heterocycles. The van der Waals surface area contributed by atoms with Crippen LogP contribution in [0.3, 0.4) is 0 Å². The largest absolute Gasteiger partial charge is 0.507 e. The van der Waals surface area contributed by atoms with E-state index in [2.05, 4.69) is 57.2 Å². The van der Waals surface area contributed by atoms with Gasteiger partial charge in [-0.1, -0.05) is 26.6 Å². The first-order chi connectivity index (χ1) is 17.9. The molecule has 1 aromatic carbocycles. The first kappa shape index (κ1) is 28.5. The van der Waals surface area contributed by atoms with Crippen LogP contribution in [0, 0.1) is 6.92 Å².